The van der Waals surface area contributed by atoms with Crippen molar-refractivity contribution >= 4 is 12.4 Å². The van der Waals surface area contributed by atoms with E-state index >= 15 is 0 Å². The number of hydrogen-bond acceptors (Lipinski definition) is 3. The van der Waals surface area contributed by atoms with Gasteiger partial charge in [-0.2, -0.15) is 0 Å². The summed E-state index contributed by atoms with van der Waals surface area (Å²) in [7, 11) is 0. The molecule has 0 aliphatic carbocycles. The van der Waals surface area contributed by atoms with Gasteiger partial charge in [-0.1, -0.05) is 0 Å². The minimum atomic E-state index is -1.08. The smallest absolute Gasteiger partial charge is 0.405 e. The summed E-state index contributed by atoms with van der Waals surface area (Å²) >= 11 is 0. The van der Waals surface area contributed by atoms with Crippen LogP contribution in [0.2, 0.25) is 0 Å². The second kappa shape index (κ2) is 4.74. The molecule has 1 amide bonds. The van der Waals surface area contributed by atoms with Crippen LogP contribution in [0.15, 0.2) is 18.5 Å². The number of amides is 1. The first-order chi connectivity index (χ1) is 7.44. The van der Waals surface area contributed by atoms with E-state index in [1.165, 1.54) is 6.20 Å². The third-order valence-electron chi connectivity index (χ3n) is 2.15. The van der Waals surface area contributed by atoms with Crippen LogP contribution in [0.5, 0.6) is 0 Å². The van der Waals surface area contributed by atoms with Crippen molar-refractivity contribution in [3.8, 4) is 0 Å². The molecule has 5 heteroatoms. The summed E-state index contributed by atoms with van der Waals surface area (Å²) in [6, 6.07) is 1.61. The zero-order valence-electron chi connectivity index (χ0n) is 9.23. The van der Waals surface area contributed by atoms with Crippen molar-refractivity contribution in [1.82, 2.24) is 10.3 Å². The quantitative estimate of drug-likeness (QED) is 0.756. The fourth-order valence-electron chi connectivity index (χ4n) is 1.51. The Labute approximate surface area is 93.5 Å². The van der Waals surface area contributed by atoms with Crippen molar-refractivity contribution in [3.05, 3.63) is 29.6 Å². The van der Waals surface area contributed by atoms with E-state index in [0.29, 0.717) is 12.0 Å². The fourth-order valence-corrected chi connectivity index (χ4v) is 1.51. The Morgan fingerprint density at radius 1 is 1.62 bits per heavy atom. The first kappa shape index (κ1) is 12.2. The fraction of sp³-hybridized carbons (Fsp3) is 0.364. The maximum atomic E-state index is 10.8. The van der Waals surface area contributed by atoms with Gasteiger partial charge in [-0.25, -0.2) is 4.79 Å². The highest BCUT2D eigenvalue weighted by Crippen LogP contribution is 2.14. The zero-order valence-corrected chi connectivity index (χ0v) is 9.23. The Morgan fingerprint density at radius 3 is 2.88 bits per heavy atom. The number of rotatable bonds is 4. The molecular formula is C11H14N2O3. The Morgan fingerprint density at radius 2 is 2.31 bits per heavy atom. The zero-order chi connectivity index (χ0) is 12.2. The molecule has 0 fully saturated rings. The highest BCUT2D eigenvalue weighted by molar-refractivity contribution is 5.77. The van der Waals surface area contributed by atoms with E-state index < -0.39 is 11.6 Å². The Bertz CT molecular complexity index is 402. The van der Waals surface area contributed by atoms with Gasteiger partial charge in [-0.3, -0.25) is 9.78 Å². The van der Waals surface area contributed by atoms with Gasteiger partial charge in [0, 0.05) is 23.5 Å². The largest absolute Gasteiger partial charge is 0.465 e. The standard InChI is InChI=1S/C11H14N2O3/c1-11(2,13-10(15)16)5-9-6-12-4-3-8(9)7-14/h3-4,6-7,13H,5H2,1-2H3,(H,15,16). The third-order valence-corrected chi connectivity index (χ3v) is 2.15. The van der Waals surface area contributed by atoms with Crippen LogP contribution in [0.1, 0.15) is 29.8 Å². The van der Waals surface area contributed by atoms with Crippen LogP contribution in [0.25, 0.3) is 0 Å². The van der Waals surface area contributed by atoms with Crippen LogP contribution in [0.3, 0.4) is 0 Å². The van der Waals surface area contributed by atoms with Gasteiger partial charge in [-0.15, -0.1) is 0 Å². The van der Waals surface area contributed by atoms with Gasteiger partial charge < -0.3 is 10.4 Å². The van der Waals surface area contributed by atoms with E-state index in [2.05, 4.69) is 10.3 Å². The monoisotopic (exact) mass is 222 g/mol. The van der Waals surface area contributed by atoms with Crippen LogP contribution < -0.4 is 5.32 Å². The molecule has 0 unspecified atom stereocenters. The average molecular weight is 222 g/mol. The van der Waals surface area contributed by atoms with Crippen molar-refractivity contribution in [3.63, 3.8) is 0 Å². The maximum absolute atomic E-state index is 10.8. The summed E-state index contributed by atoms with van der Waals surface area (Å²) in [6.07, 6.45) is 3.19. The number of pyridine rings is 1. The van der Waals surface area contributed by atoms with Gasteiger partial charge in [0.2, 0.25) is 0 Å². The molecule has 0 spiro atoms. The normalized spacial score (nSPS) is 10.9. The molecule has 0 saturated carbocycles. The lowest BCUT2D eigenvalue weighted by Gasteiger charge is -2.24. The lowest BCUT2D eigenvalue weighted by molar-refractivity contribution is 0.112. The number of nitrogens with one attached hydrogen (secondary N) is 1. The van der Waals surface area contributed by atoms with E-state index in [1.54, 1.807) is 26.1 Å². The molecule has 1 aromatic heterocycles. The summed E-state index contributed by atoms with van der Waals surface area (Å²) < 4.78 is 0. The average Bonchev–Trinajstić information content (AvgIpc) is 2.15. The minimum absolute atomic E-state index is 0.418. The first-order valence-electron chi connectivity index (χ1n) is 4.84. The summed E-state index contributed by atoms with van der Waals surface area (Å²) in [6.45, 7) is 3.51. The van der Waals surface area contributed by atoms with E-state index in [-0.39, 0.29) is 0 Å². The number of carbonyl (C=O) groups is 2. The SMILES string of the molecule is CC(C)(Cc1cnccc1C=O)NC(=O)O. The number of carboxylic acid groups (broad SMARTS) is 1. The van der Waals surface area contributed by atoms with Crippen LogP contribution in [0.4, 0.5) is 4.79 Å². The molecule has 1 heterocycles. The summed E-state index contributed by atoms with van der Waals surface area (Å²) in [5.74, 6) is 0. The molecule has 0 aliphatic heterocycles. The van der Waals surface area contributed by atoms with E-state index in [9.17, 15) is 9.59 Å². The van der Waals surface area contributed by atoms with Crippen molar-refractivity contribution in [2.24, 2.45) is 0 Å². The molecule has 0 aromatic carbocycles. The van der Waals surface area contributed by atoms with Crippen LogP contribution >= 0.6 is 0 Å². The second-order valence-electron chi connectivity index (χ2n) is 4.18. The van der Waals surface area contributed by atoms with Crippen molar-refractivity contribution in [2.75, 3.05) is 0 Å². The predicted octanol–water partition coefficient (Wildman–Crippen LogP) is 1.48. The number of aldehydes is 1. The highest BCUT2D eigenvalue weighted by Gasteiger charge is 2.21. The third kappa shape index (κ3) is 3.34. The molecule has 0 aliphatic rings. The summed E-state index contributed by atoms with van der Waals surface area (Å²) in [4.78, 5) is 25.3. The van der Waals surface area contributed by atoms with E-state index in [1.807, 2.05) is 0 Å². The van der Waals surface area contributed by atoms with Crippen molar-refractivity contribution < 1.29 is 14.7 Å². The predicted molar refractivity (Wildman–Crippen MR) is 58.6 cm³/mol. The molecule has 0 saturated heterocycles. The minimum Gasteiger partial charge on any atom is -0.465 e. The maximum Gasteiger partial charge on any atom is 0.405 e. The number of hydrogen-bond donors (Lipinski definition) is 2. The Kier molecular flexibility index (Phi) is 3.60. The Balaban J connectivity index is 2.86. The van der Waals surface area contributed by atoms with Gasteiger partial charge in [0.25, 0.3) is 0 Å². The van der Waals surface area contributed by atoms with Gasteiger partial charge in [-0.05, 0) is 31.9 Å². The highest BCUT2D eigenvalue weighted by atomic mass is 16.4. The molecular weight excluding hydrogens is 208 g/mol. The molecule has 5 nitrogen and oxygen atoms in total. The number of aromatic nitrogens is 1. The van der Waals surface area contributed by atoms with Gasteiger partial charge in [0.1, 0.15) is 6.29 Å². The lowest BCUT2D eigenvalue weighted by atomic mass is 9.94. The van der Waals surface area contributed by atoms with E-state index in [4.69, 9.17) is 5.11 Å². The van der Waals surface area contributed by atoms with Crippen LogP contribution in [-0.4, -0.2) is 28.0 Å². The molecule has 0 atom stereocenters. The first-order valence-corrected chi connectivity index (χ1v) is 4.84. The molecule has 16 heavy (non-hydrogen) atoms. The van der Waals surface area contributed by atoms with Gasteiger partial charge in [0.05, 0.1) is 0 Å². The topological polar surface area (TPSA) is 79.3 Å². The molecule has 1 aromatic rings. The molecule has 0 bridgehead atoms. The molecule has 86 valence electrons. The van der Waals surface area contributed by atoms with Crippen molar-refractivity contribution in [1.29, 1.82) is 0 Å². The Hall–Kier alpha value is -1.91. The second-order valence-corrected chi connectivity index (χ2v) is 4.18. The number of carbonyl (C=O) groups excluding carboxylic acids is 1. The van der Waals surface area contributed by atoms with Crippen LogP contribution in [0, 0.1) is 0 Å². The van der Waals surface area contributed by atoms with Crippen LogP contribution in [-0.2, 0) is 6.42 Å². The molecule has 0 radical (unpaired) electrons. The van der Waals surface area contributed by atoms with E-state index in [0.717, 1.165) is 11.8 Å². The molecule has 2 N–H and O–H groups in total. The summed E-state index contributed by atoms with van der Waals surface area (Å²) in [5.41, 5.74) is 0.638. The molecule has 1 rings (SSSR count). The lowest BCUT2D eigenvalue weighted by Crippen LogP contribution is -2.44. The van der Waals surface area contributed by atoms with Gasteiger partial charge in [0.15, 0.2) is 0 Å². The van der Waals surface area contributed by atoms with Crippen molar-refractivity contribution in [2.45, 2.75) is 25.8 Å². The summed E-state index contributed by atoms with van der Waals surface area (Å²) in [5, 5.41) is 11.0. The number of nitrogens with zero attached hydrogens (tertiary/aromatic N) is 1. The van der Waals surface area contributed by atoms with Gasteiger partial charge >= 0.3 is 6.09 Å².